The van der Waals surface area contributed by atoms with E-state index in [9.17, 15) is 4.39 Å². The second-order valence-corrected chi connectivity index (χ2v) is 8.06. The molecule has 0 saturated carbocycles. The number of aryl methyl sites for hydroxylation is 1. The zero-order valence-electron chi connectivity index (χ0n) is 18.1. The molecule has 1 fully saturated rings. The highest BCUT2D eigenvalue weighted by atomic mass is 19.1. The number of alkyl halides is 1. The summed E-state index contributed by atoms with van der Waals surface area (Å²) in [6, 6.07) is 8.13. The summed E-state index contributed by atoms with van der Waals surface area (Å²) >= 11 is 0. The molecule has 4 heterocycles. The van der Waals surface area contributed by atoms with Gasteiger partial charge in [-0.15, -0.1) is 0 Å². The van der Waals surface area contributed by atoms with Crippen LogP contribution in [0.4, 0.5) is 21.7 Å². The number of hydrogen-bond acceptors (Lipinski definition) is 7. The molecule has 1 aromatic carbocycles. The molecule has 0 spiro atoms. The molecule has 9 heteroatoms. The van der Waals surface area contributed by atoms with Crippen molar-refractivity contribution in [2.75, 3.05) is 30.8 Å². The summed E-state index contributed by atoms with van der Waals surface area (Å²) in [5, 5.41) is 6.44. The van der Waals surface area contributed by atoms with Crippen LogP contribution >= 0.6 is 0 Å². The fraction of sp³-hybridized carbons (Fsp3) is 0.304. The highest BCUT2D eigenvalue weighted by molar-refractivity contribution is 5.93. The molecule has 0 bridgehead atoms. The van der Waals surface area contributed by atoms with Gasteiger partial charge in [0.25, 0.3) is 0 Å². The van der Waals surface area contributed by atoms with E-state index in [1.54, 1.807) is 24.9 Å². The standard InChI is InChI=1S/C23H25FN8/c1-25-23-22(18-9-26-10-19-21(18)28-14-31(19)2)27-11-20(30-23)29-17-5-3-15(4-6-17)12-32-8-7-16(24)13-32/h3-6,9-11,14,16H,7-8,12-13H2,1-2H3,(H2,25,29,30)/t16-/m0/s1. The molecule has 1 aliphatic rings. The molecule has 0 aliphatic carbocycles. The predicted octanol–water partition coefficient (Wildman–Crippen LogP) is 3.75. The Bertz CT molecular complexity index is 1240. The molecule has 1 atom stereocenters. The molecule has 8 nitrogen and oxygen atoms in total. The van der Waals surface area contributed by atoms with Gasteiger partial charge in [-0.1, -0.05) is 12.1 Å². The number of imidazole rings is 1. The fourth-order valence-corrected chi connectivity index (χ4v) is 4.07. The van der Waals surface area contributed by atoms with Crippen molar-refractivity contribution >= 4 is 28.4 Å². The van der Waals surface area contributed by atoms with E-state index in [-0.39, 0.29) is 0 Å². The van der Waals surface area contributed by atoms with Crippen molar-refractivity contribution < 1.29 is 4.39 Å². The first-order valence-corrected chi connectivity index (χ1v) is 10.6. The van der Waals surface area contributed by atoms with Crippen molar-refractivity contribution in [3.8, 4) is 11.3 Å². The van der Waals surface area contributed by atoms with Gasteiger partial charge in [-0.2, -0.15) is 0 Å². The minimum Gasteiger partial charge on any atom is -0.371 e. The minimum atomic E-state index is -0.695. The Kier molecular flexibility index (Phi) is 5.40. The van der Waals surface area contributed by atoms with E-state index in [1.807, 2.05) is 30.8 Å². The Labute approximate surface area is 185 Å². The molecule has 4 aromatic rings. The lowest BCUT2D eigenvalue weighted by Gasteiger charge is -2.15. The Morgan fingerprint density at radius 3 is 2.72 bits per heavy atom. The number of nitrogens with one attached hydrogen (secondary N) is 2. The largest absolute Gasteiger partial charge is 0.371 e. The summed E-state index contributed by atoms with van der Waals surface area (Å²) in [5.74, 6) is 1.27. The predicted molar refractivity (Wildman–Crippen MR) is 124 cm³/mol. The van der Waals surface area contributed by atoms with Crippen LogP contribution in [0.1, 0.15) is 12.0 Å². The third kappa shape index (κ3) is 3.99. The lowest BCUT2D eigenvalue weighted by Crippen LogP contribution is -2.20. The van der Waals surface area contributed by atoms with Gasteiger partial charge in [0.05, 0.1) is 29.8 Å². The Balaban J connectivity index is 1.35. The van der Waals surface area contributed by atoms with Gasteiger partial charge in [0.1, 0.15) is 17.4 Å². The van der Waals surface area contributed by atoms with Crippen LogP contribution in [0.15, 0.2) is 49.2 Å². The van der Waals surface area contributed by atoms with Crippen molar-refractivity contribution in [3.05, 3.63) is 54.7 Å². The third-order valence-corrected chi connectivity index (χ3v) is 5.75. The quantitative estimate of drug-likeness (QED) is 0.480. The summed E-state index contributed by atoms with van der Waals surface area (Å²) in [5.41, 5.74) is 5.37. The van der Waals surface area contributed by atoms with Gasteiger partial charge in [-0.05, 0) is 24.1 Å². The number of pyridine rings is 1. The zero-order chi connectivity index (χ0) is 22.1. The maximum absolute atomic E-state index is 13.4. The number of aromatic nitrogens is 5. The topological polar surface area (TPSA) is 83.8 Å². The van der Waals surface area contributed by atoms with Crippen LogP contribution in [0.5, 0.6) is 0 Å². The maximum atomic E-state index is 13.4. The lowest BCUT2D eigenvalue weighted by atomic mass is 10.1. The van der Waals surface area contributed by atoms with E-state index in [1.165, 1.54) is 0 Å². The van der Waals surface area contributed by atoms with E-state index < -0.39 is 6.17 Å². The van der Waals surface area contributed by atoms with Crippen molar-refractivity contribution in [1.29, 1.82) is 0 Å². The second-order valence-electron chi connectivity index (χ2n) is 8.06. The van der Waals surface area contributed by atoms with Crippen LogP contribution in [-0.2, 0) is 13.6 Å². The molecular weight excluding hydrogens is 407 g/mol. The fourth-order valence-electron chi connectivity index (χ4n) is 4.07. The van der Waals surface area contributed by atoms with Gasteiger partial charge in [0.2, 0.25) is 0 Å². The van der Waals surface area contributed by atoms with Gasteiger partial charge < -0.3 is 15.2 Å². The first kappa shape index (κ1) is 20.3. The van der Waals surface area contributed by atoms with Gasteiger partial charge in [-0.3, -0.25) is 9.88 Å². The molecule has 2 N–H and O–H groups in total. The number of nitrogens with zero attached hydrogens (tertiary/aromatic N) is 6. The van der Waals surface area contributed by atoms with Gasteiger partial charge in [0, 0.05) is 45.6 Å². The number of rotatable bonds is 6. The van der Waals surface area contributed by atoms with Crippen molar-refractivity contribution in [1.82, 2.24) is 29.4 Å². The maximum Gasteiger partial charge on any atom is 0.154 e. The molecule has 0 amide bonds. The second kappa shape index (κ2) is 8.51. The number of anilines is 3. The van der Waals surface area contributed by atoms with Gasteiger partial charge in [-0.25, -0.2) is 19.3 Å². The van der Waals surface area contributed by atoms with Crippen LogP contribution < -0.4 is 10.6 Å². The van der Waals surface area contributed by atoms with E-state index in [0.29, 0.717) is 30.3 Å². The Morgan fingerprint density at radius 2 is 1.97 bits per heavy atom. The first-order chi connectivity index (χ1) is 15.6. The van der Waals surface area contributed by atoms with E-state index in [4.69, 9.17) is 4.98 Å². The number of fused-ring (bicyclic) bond motifs is 1. The number of benzene rings is 1. The molecule has 32 heavy (non-hydrogen) atoms. The SMILES string of the molecule is CNc1nc(Nc2ccc(CN3CC[C@H](F)C3)cc2)cnc1-c1cncc2c1ncn2C. The summed E-state index contributed by atoms with van der Waals surface area (Å²) in [6.45, 7) is 2.11. The van der Waals surface area contributed by atoms with Gasteiger partial charge >= 0.3 is 0 Å². The number of halogens is 1. The smallest absolute Gasteiger partial charge is 0.154 e. The van der Waals surface area contributed by atoms with Crippen molar-refractivity contribution in [2.45, 2.75) is 19.1 Å². The molecule has 5 rings (SSSR count). The minimum absolute atomic E-state index is 0.524. The Morgan fingerprint density at radius 1 is 1.12 bits per heavy atom. The van der Waals surface area contributed by atoms with Crippen LogP contribution in [0.3, 0.4) is 0 Å². The highest BCUT2D eigenvalue weighted by Gasteiger charge is 2.21. The molecule has 0 unspecified atom stereocenters. The highest BCUT2D eigenvalue weighted by Crippen LogP contribution is 2.30. The van der Waals surface area contributed by atoms with Crippen LogP contribution in [0, 0.1) is 0 Å². The third-order valence-electron chi connectivity index (χ3n) is 5.75. The van der Waals surface area contributed by atoms with Crippen molar-refractivity contribution in [2.24, 2.45) is 7.05 Å². The summed E-state index contributed by atoms with van der Waals surface area (Å²) in [4.78, 5) is 20.3. The average Bonchev–Trinajstić information content (AvgIpc) is 3.40. The summed E-state index contributed by atoms with van der Waals surface area (Å²) < 4.78 is 15.3. The van der Waals surface area contributed by atoms with Gasteiger partial charge in [0.15, 0.2) is 11.6 Å². The summed E-state index contributed by atoms with van der Waals surface area (Å²) in [6.07, 6.45) is 6.96. The monoisotopic (exact) mass is 432 g/mol. The zero-order valence-corrected chi connectivity index (χ0v) is 18.1. The van der Waals surface area contributed by atoms with E-state index in [2.05, 4.69) is 42.6 Å². The first-order valence-electron chi connectivity index (χ1n) is 10.6. The molecule has 1 aliphatic heterocycles. The molecule has 3 aromatic heterocycles. The van der Waals surface area contributed by atoms with Crippen molar-refractivity contribution in [3.63, 3.8) is 0 Å². The number of likely N-dealkylation sites (tertiary alicyclic amines) is 1. The molecule has 1 saturated heterocycles. The van der Waals surface area contributed by atoms with Crippen LogP contribution in [0.2, 0.25) is 0 Å². The summed E-state index contributed by atoms with van der Waals surface area (Å²) in [7, 11) is 3.76. The molecular formula is C23H25FN8. The molecule has 164 valence electrons. The Hall–Kier alpha value is -3.59. The van der Waals surface area contributed by atoms with E-state index >= 15 is 0 Å². The number of hydrogen-bond donors (Lipinski definition) is 2. The van der Waals surface area contributed by atoms with Crippen LogP contribution in [0.25, 0.3) is 22.3 Å². The van der Waals surface area contributed by atoms with Crippen LogP contribution in [-0.4, -0.2) is 55.7 Å². The normalized spacial score (nSPS) is 16.5. The lowest BCUT2D eigenvalue weighted by molar-refractivity contribution is 0.282. The average molecular weight is 433 g/mol. The van der Waals surface area contributed by atoms with E-state index in [0.717, 1.165) is 40.9 Å². The molecule has 0 radical (unpaired) electrons.